The number of aryl methyl sites for hydroxylation is 1. The summed E-state index contributed by atoms with van der Waals surface area (Å²) in [6, 6.07) is 11.0. The van der Waals surface area contributed by atoms with Gasteiger partial charge in [-0.1, -0.05) is 19.1 Å². The van der Waals surface area contributed by atoms with E-state index in [0.717, 1.165) is 22.4 Å². The monoisotopic (exact) mass is 371 g/mol. The Bertz CT molecular complexity index is 745. The molecular formula is C15H15BrFNO2S. The van der Waals surface area contributed by atoms with E-state index < -0.39 is 15.8 Å². The molecule has 3 nitrogen and oxygen atoms in total. The van der Waals surface area contributed by atoms with E-state index in [4.69, 9.17) is 0 Å². The van der Waals surface area contributed by atoms with E-state index in [1.54, 1.807) is 12.1 Å². The molecule has 0 N–H and O–H groups in total. The van der Waals surface area contributed by atoms with E-state index in [-0.39, 0.29) is 9.37 Å². The molecule has 0 aromatic heterocycles. The van der Waals surface area contributed by atoms with Crippen LogP contribution in [-0.2, 0) is 16.4 Å². The first-order valence-electron chi connectivity index (χ1n) is 6.39. The van der Waals surface area contributed by atoms with Crippen molar-refractivity contribution in [2.24, 2.45) is 0 Å². The number of rotatable bonds is 4. The highest BCUT2D eigenvalue weighted by Crippen LogP contribution is 2.25. The van der Waals surface area contributed by atoms with Crippen LogP contribution in [0.3, 0.4) is 0 Å². The fraction of sp³-hybridized carbons (Fsp3) is 0.200. The van der Waals surface area contributed by atoms with Crippen molar-refractivity contribution in [3.8, 4) is 0 Å². The standard InChI is InChI=1S/C15H15BrFNO2S/c1-3-11-4-6-12(7-5-11)18(2)21(19,20)13-8-9-14(16)15(17)10-13/h4-10H,3H2,1-2H3. The minimum absolute atomic E-state index is 0.0785. The third-order valence-electron chi connectivity index (χ3n) is 3.26. The maximum atomic E-state index is 13.5. The van der Waals surface area contributed by atoms with Crippen LogP contribution in [0.1, 0.15) is 12.5 Å². The topological polar surface area (TPSA) is 37.4 Å². The highest BCUT2D eigenvalue weighted by molar-refractivity contribution is 9.10. The molecule has 0 fully saturated rings. The van der Waals surface area contributed by atoms with Gasteiger partial charge in [0.25, 0.3) is 10.0 Å². The van der Waals surface area contributed by atoms with Crippen LogP contribution < -0.4 is 4.31 Å². The fourth-order valence-electron chi connectivity index (χ4n) is 1.88. The largest absolute Gasteiger partial charge is 0.269 e. The van der Waals surface area contributed by atoms with Gasteiger partial charge in [0.2, 0.25) is 0 Å². The molecule has 112 valence electrons. The first-order valence-corrected chi connectivity index (χ1v) is 8.62. The van der Waals surface area contributed by atoms with Gasteiger partial charge in [0.15, 0.2) is 0 Å². The van der Waals surface area contributed by atoms with Crippen LogP contribution in [0.15, 0.2) is 51.8 Å². The number of sulfonamides is 1. The van der Waals surface area contributed by atoms with E-state index in [9.17, 15) is 12.8 Å². The number of hydrogen-bond donors (Lipinski definition) is 0. The van der Waals surface area contributed by atoms with Crippen molar-refractivity contribution in [3.63, 3.8) is 0 Å². The maximum Gasteiger partial charge on any atom is 0.264 e. The minimum Gasteiger partial charge on any atom is -0.269 e. The van der Waals surface area contributed by atoms with E-state index in [0.29, 0.717) is 5.69 Å². The lowest BCUT2D eigenvalue weighted by Gasteiger charge is -2.20. The van der Waals surface area contributed by atoms with Gasteiger partial charge in [-0.25, -0.2) is 12.8 Å². The van der Waals surface area contributed by atoms with E-state index in [1.807, 2.05) is 19.1 Å². The van der Waals surface area contributed by atoms with Crippen molar-refractivity contribution in [1.82, 2.24) is 0 Å². The third kappa shape index (κ3) is 3.27. The molecular weight excluding hydrogens is 357 g/mol. The summed E-state index contributed by atoms with van der Waals surface area (Å²) in [5.74, 6) is -0.606. The van der Waals surface area contributed by atoms with Crippen molar-refractivity contribution < 1.29 is 12.8 Å². The molecule has 0 atom stereocenters. The molecule has 21 heavy (non-hydrogen) atoms. The lowest BCUT2D eigenvalue weighted by atomic mass is 10.1. The molecule has 0 aliphatic rings. The number of halogens is 2. The van der Waals surface area contributed by atoms with Crippen LogP contribution in [0.25, 0.3) is 0 Å². The summed E-state index contributed by atoms with van der Waals surface area (Å²) in [5, 5.41) is 0. The predicted molar refractivity (Wildman–Crippen MR) is 85.5 cm³/mol. The van der Waals surface area contributed by atoms with Gasteiger partial charge in [-0.3, -0.25) is 4.31 Å². The van der Waals surface area contributed by atoms with Crippen molar-refractivity contribution in [1.29, 1.82) is 0 Å². The highest BCUT2D eigenvalue weighted by Gasteiger charge is 2.22. The van der Waals surface area contributed by atoms with Crippen molar-refractivity contribution in [2.75, 3.05) is 11.4 Å². The van der Waals surface area contributed by atoms with Gasteiger partial charge in [0.05, 0.1) is 15.1 Å². The summed E-state index contributed by atoms with van der Waals surface area (Å²) < 4.78 is 39.9. The van der Waals surface area contributed by atoms with Crippen molar-refractivity contribution >= 4 is 31.6 Å². The second-order valence-corrected chi connectivity index (χ2v) is 7.39. The van der Waals surface area contributed by atoms with Crippen molar-refractivity contribution in [3.05, 3.63) is 58.3 Å². The molecule has 0 aliphatic carbocycles. The number of anilines is 1. The molecule has 2 aromatic rings. The Hall–Kier alpha value is -1.40. The Balaban J connectivity index is 2.39. The van der Waals surface area contributed by atoms with Crippen LogP contribution in [0.4, 0.5) is 10.1 Å². The summed E-state index contributed by atoms with van der Waals surface area (Å²) in [5.41, 5.74) is 1.66. The van der Waals surface area contributed by atoms with E-state index in [2.05, 4.69) is 15.9 Å². The normalized spacial score (nSPS) is 11.4. The van der Waals surface area contributed by atoms with Gasteiger partial charge in [0, 0.05) is 7.05 Å². The Morgan fingerprint density at radius 3 is 2.29 bits per heavy atom. The Morgan fingerprint density at radius 2 is 1.76 bits per heavy atom. The van der Waals surface area contributed by atoms with E-state index >= 15 is 0 Å². The predicted octanol–water partition coefficient (Wildman–Crippen LogP) is 3.98. The van der Waals surface area contributed by atoms with Crippen LogP contribution in [0.2, 0.25) is 0 Å². The molecule has 0 amide bonds. The molecule has 0 bridgehead atoms. The highest BCUT2D eigenvalue weighted by atomic mass is 79.9. The van der Waals surface area contributed by atoms with Gasteiger partial charge in [-0.05, 0) is 58.2 Å². The molecule has 0 saturated carbocycles. The summed E-state index contributed by atoms with van der Waals surface area (Å²) >= 11 is 3.01. The number of nitrogens with zero attached hydrogens (tertiary/aromatic N) is 1. The number of benzene rings is 2. The Labute approximate surface area is 132 Å². The zero-order valence-corrected chi connectivity index (χ0v) is 14.1. The molecule has 0 unspecified atom stereocenters. The molecule has 0 saturated heterocycles. The summed E-state index contributed by atoms with van der Waals surface area (Å²) in [6.07, 6.45) is 0.884. The molecule has 0 aliphatic heterocycles. The van der Waals surface area contributed by atoms with Gasteiger partial charge >= 0.3 is 0 Å². The van der Waals surface area contributed by atoms with Crippen molar-refractivity contribution in [2.45, 2.75) is 18.2 Å². The molecule has 6 heteroatoms. The third-order valence-corrected chi connectivity index (χ3v) is 5.68. The molecule has 2 rings (SSSR count). The Morgan fingerprint density at radius 1 is 1.14 bits per heavy atom. The van der Waals surface area contributed by atoms with Crippen LogP contribution >= 0.6 is 15.9 Å². The minimum atomic E-state index is -3.78. The number of hydrogen-bond acceptors (Lipinski definition) is 2. The van der Waals surface area contributed by atoms with E-state index in [1.165, 1.54) is 19.2 Å². The zero-order valence-electron chi connectivity index (χ0n) is 11.7. The lowest BCUT2D eigenvalue weighted by Crippen LogP contribution is -2.26. The summed E-state index contributed by atoms with van der Waals surface area (Å²) in [7, 11) is -2.32. The maximum absolute atomic E-state index is 13.5. The first-order chi connectivity index (χ1) is 9.86. The molecule has 0 spiro atoms. The lowest BCUT2D eigenvalue weighted by molar-refractivity contribution is 0.588. The first kappa shape index (κ1) is 16.0. The molecule has 0 radical (unpaired) electrons. The molecule has 0 heterocycles. The van der Waals surface area contributed by atoms with Crippen LogP contribution in [0, 0.1) is 5.82 Å². The second-order valence-electron chi connectivity index (χ2n) is 4.57. The average Bonchev–Trinajstić information content (AvgIpc) is 2.49. The quantitative estimate of drug-likeness (QED) is 0.814. The van der Waals surface area contributed by atoms with Gasteiger partial charge in [-0.2, -0.15) is 0 Å². The zero-order chi connectivity index (χ0) is 15.6. The molecule has 2 aromatic carbocycles. The van der Waals surface area contributed by atoms with Gasteiger partial charge < -0.3 is 0 Å². The summed E-state index contributed by atoms with van der Waals surface area (Å²) in [4.78, 5) is -0.0785. The SMILES string of the molecule is CCc1ccc(N(C)S(=O)(=O)c2ccc(Br)c(F)c2)cc1. The fourth-order valence-corrected chi connectivity index (χ4v) is 3.33. The average molecular weight is 372 g/mol. The van der Waals surface area contributed by atoms with Gasteiger partial charge in [-0.15, -0.1) is 0 Å². The Kier molecular flexibility index (Phi) is 4.68. The summed E-state index contributed by atoms with van der Waals surface area (Å²) in [6.45, 7) is 2.03. The van der Waals surface area contributed by atoms with Crippen LogP contribution in [-0.4, -0.2) is 15.5 Å². The second kappa shape index (κ2) is 6.15. The van der Waals surface area contributed by atoms with Gasteiger partial charge in [0.1, 0.15) is 5.82 Å². The smallest absolute Gasteiger partial charge is 0.264 e. The van der Waals surface area contributed by atoms with Crippen LogP contribution in [0.5, 0.6) is 0 Å².